The van der Waals surface area contributed by atoms with Gasteiger partial charge in [0.2, 0.25) is 0 Å². The van der Waals surface area contributed by atoms with Crippen molar-refractivity contribution in [2.24, 2.45) is 0 Å². The molecule has 5 nitrogen and oxygen atoms in total. The Hall–Kier alpha value is -3.08. The lowest BCUT2D eigenvalue weighted by Gasteiger charge is -2.06. The van der Waals surface area contributed by atoms with Crippen LogP contribution in [0.25, 0.3) is 11.0 Å². The van der Waals surface area contributed by atoms with Gasteiger partial charge in [-0.3, -0.25) is 9.59 Å². The summed E-state index contributed by atoms with van der Waals surface area (Å²) in [6, 6.07) is 15.3. The van der Waals surface area contributed by atoms with Crippen molar-refractivity contribution in [1.82, 2.24) is 5.32 Å². The minimum atomic E-state index is -0.460. The molecule has 0 bridgehead atoms. The van der Waals surface area contributed by atoms with Gasteiger partial charge < -0.3 is 14.5 Å². The van der Waals surface area contributed by atoms with Gasteiger partial charge in [-0.2, -0.15) is 0 Å². The van der Waals surface area contributed by atoms with Gasteiger partial charge in [0.15, 0.2) is 6.61 Å². The third-order valence-corrected chi connectivity index (χ3v) is 3.84. The Morgan fingerprint density at radius 2 is 1.92 bits per heavy atom. The van der Waals surface area contributed by atoms with Crippen LogP contribution in [0.2, 0.25) is 0 Å². The Kier molecular flexibility index (Phi) is 5.14. The molecule has 0 fully saturated rings. The second kappa shape index (κ2) is 7.66. The van der Waals surface area contributed by atoms with Gasteiger partial charge in [0.05, 0.1) is 12.7 Å². The van der Waals surface area contributed by atoms with Crippen LogP contribution in [0, 0.1) is 6.92 Å². The maximum Gasteiger partial charge on any atom is 0.310 e. The number of amides is 1. The second-order valence-corrected chi connectivity index (χ2v) is 5.86. The van der Waals surface area contributed by atoms with Gasteiger partial charge >= 0.3 is 5.97 Å². The zero-order chi connectivity index (χ0) is 17.6. The summed E-state index contributed by atoms with van der Waals surface area (Å²) in [5.74, 6) is -0.789. The highest BCUT2D eigenvalue weighted by atomic mass is 16.5. The van der Waals surface area contributed by atoms with Crippen molar-refractivity contribution >= 4 is 22.8 Å². The largest absolute Gasteiger partial charge is 0.464 e. The number of hydrogen-bond donors (Lipinski definition) is 1. The molecule has 1 aromatic heterocycles. The van der Waals surface area contributed by atoms with E-state index in [9.17, 15) is 9.59 Å². The fourth-order valence-corrected chi connectivity index (χ4v) is 2.53. The number of rotatable bonds is 6. The van der Waals surface area contributed by atoms with Crippen LogP contribution in [0.3, 0.4) is 0 Å². The summed E-state index contributed by atoms with van der Waals surface area (Å²) >= 11 is 0. The lowest BCUT2D eigenvalue weighted by atomic mass is 10.1. The van der Waals surface area contributed by atoms with Crippen LogP contribution in [0.15, 0.2) is 59.2 Å². The molecule has 1 amide bonds. The van der Waals surface area contributed by atoms with Crippen molar-refractivity contribution in [3.05, 3.63) is 71.5 Å². The third kappa shape index (κ3) is 4.47. The topological polar surface area (TPSA) is 68.5 Å². The Balaban J connectivity index is 1.48. The summed E-state index contributed by atoms with van der Waals surface area (Å²) in [6.45, 7) is 2.09. The van der Waals surface area contributed by atoms with E-state index in [-0.39, 0.29) is 18.9 Å². The molecule has 0 radical (unpaired) electrons. The van der Waals surface area contributed by atoms with E-state index in [1.807, 2.05) is 55.5 Å². The first-order valence-electron chi connectivity index (χ1n) is 8.05. The first kappa shape index (κ1) is 16.8. The summed E-state index contributed by atoms with van der Waals surface area (Å²) < 4.78 is 10.5. The molecule has 0 aliphatic carbocycles. The molecule has 0 atom stereocenters. The monoisotopic (exact) mass is 337 g/mol. The normalized spacial score (nSPS) is 10.6. The SMILES string of the molecule is Cc1ccc2c(CC(=O)OCC(=O)NCc3ccccc3)coc2c1. The zero-order valence-corrected chi connectivity index (χ0v) is 14.0. The van der Waals surface area contributed by atoms with E-state index in [2.05, 4.69) is 5.32 Å². The van der Waals surface area contributed by atoms with Crippen LogP contribution in [-0.4, -0.2) is 18.5 Å². The molecule has 0 saturated heterocycles. The van der Waals surface area contributed by atoms with E-state index in [4.69, 9.17) is 9.15 Å². The Morgan fingerprint density at radius 1 is 1.12 bits per heavy atom. The van der Waals surface area contributed by atoms with E-state index < -0.39 is 5.97 Å². The molecular formula is C20H19NO4. The van der Waals surface area contributed by atoms with E-state index >= 15 is 0 Å². The number of carbonyl (C=O) groups is 2. The summed E-state index contributed by atoms with van der Waals surface area (Å²) in [5, 5.41) is 3.60. The highest BCUT2D eigenvalue weighted by molar-refractivity contribution is 5.87. The predicted molar refractivity (Wildman–Crippen MR) is 93.9 cm³/mol. The first-order chi connectivity index (χ1) is 12.1. The first-order valence-corrected chi connectivity index (χ1v) is 8.05. The van der Waals surface area contributed by atoms with Crippen LogP contribution in [-0.2, 0) is 27.3 Å². The summed E-state index contributed by atoms with van der Waals surface area (Å²) in [7, 11) is 0. The smallest absolute Gasteiger partial charge is 0.310 e. The van der Waals surface area contributed by atoms with E-state index in [1.165, 1.54) is 0 Å². The molecule has 2 aromatic carbocycles. The van der Waals surface area contributed by atoms with E-state index in [0.717, 1.165) is 27.7 Å². The van der Waals surface area contributed by atoms with Crippen LogP contribution in [0.5, 0.6) is 0 Å². The lowest BCUT2D eigenvalue weighted by molar-refractivity contribution is -0.147. The van der Waals surface area contributed by atoms with E-state index in [0.29, 0.717) is 6.54 Å². The highest BCUT2D eigenvalue weighted by Crippen LogP contribution is 2.22. The Bertz CT molecular complexity index is 883. The van der Waals surface area contributed by atoms with Crippen molar-refractivity contribution in [1.29, 1.82) is 0 Å². The quantitative estimate of drug-likeness (QED) is 0.702. The molecule has 5 heteroatoms. The van der Waals surface area contributed by atoms with Gasteiger partial charge in [0.25, 0.3) is 5.91 Å². The number of nitrogens with one attached hydrogen (secondary N) is 1. The van der Waals surface area contributed by atoms with Crippen molar-refractivity contribution in [2.75, 3.05) is 6.61 Å². The van der Waals surface area contributed by atoms with Crippen molar-refractivity contribution in [3.63, 3.8) is 0 Å². The number of benzene rings is 2. The van der Waals surface area contributed by atoms with Crippen LogP contribution in [0.1, 0.15) is 16.7 Å². The molecular weight excluding hydrogens is 318 g/mol. The maximum absolute atomic E-state index is 12.0. The average molecular weight is 337 g/mol. The molecule has 1 heterocycles. The zero-order valence-electron chi connectivity index (χ0n) is 14.0. The molecule has 25 heavy (non-hydrogen) atoms. The Morgan fingerprint density at radius 3 is 2.72 bits per heavy atom. The summed E-state index contributed by atoms with van der Waals surface area (Å²) in [6.07, 6.45) is 1.63. The molecule has 0 saturated carbocycles. The standard InChI is InChI=1S/C20H19NO4/c1-14-7-8-17-16(12-24-18(17)9-14)10-20(23)25-13-19(22)21-11-15-5-3-2-4-6-15/h2-9,12H,10-11,13H2,1H3,(H,21,22). The molecule has 0 unspecified atom stereocenters. The number of esters is 1. The second-order valence-electron chi connectivity index (χ2n) is 5.86. The number of hydrogen-bond acceptors (Lipinski definition) is 4. The average Bonchev–Trinajstić information content (AvgIpc) is 3.01. The molecule has 3 rings (SSSR count). The molecule has 128 valence electrons. The van der Waals surface area contributed by atoms with Gasteiger partial charge in [-0.1, -0.05) is 42.5 Å². The van der Waals surface area contributed by atoms with E-state index in [1.54, 1.807) is 6.26 Å². The molecule has 0 aliphatic rings. The minimum absolute atomic E-state index is 0.0715. The number of aryl methyl sites for hydroxylation is 1. The predicted octanol–water partition coefficient (Wildman–Crippen LogP) is 3.14. The molecule has 3 aromatic rings. The molecule has 0 aliphatic heterocycles. The fraction of sp³-hybridized carbons (Fsp3) is 0.200. The van der Waals surface area contributed by atoms with Gasteiger partial charge in [0, 0.05) is 17.5 Å². The number of furan rings is 1. The molecule has 0 spiro atoms. The molecule has 1 N–H and O–H groups in total. The number of carbonyl (C=O) groups excluding carboxylic acids is 2. The van der Waals surface area contributed by atoms with Gasteiger partial charge in [-0.25, -0.2) is 0 Å². The lowest BCUT2D eigenvalue weighted by Crippen LogP contribution is -2.28. The van der Waals surface area contributed by atoms with Crippen LogP contribution in [0.4, 0.5) is 0 Å². The fourth-order valence-electron chi connectivity index (χ4n) is 2.53. The highest BCUT2D eigenvalue weighted by Gasteiger charge is 2.13. The van der Waals surface area contributed by atoms with Gasteiger partial charge in [-0.15, -0.1) is 0 Å². The van der Waals surface area contributed by atoms with Crippen LogP contribution >= 0.6 is 0 Å². The van der Waals surface area contributed by atoms with Gasteiger partial charge in [0.1, 0.15) is 5.58 Å². The number of ether oxygens (including phenoxy) is 1. The summed E-state index contributed by atoms with van der Waals surface area (Å²) in [5.41, 5.74) is 3.57. The van der Waals surface area contributed by atoms with Crippen LogP contribution < -0.4 is 5.32 Å². The number of fused-ring (bicyclic) bond motifs is 1. The third-order valence-electron chi connectivity index (χ3n) is 3.84. The Labute approximate surface area is 145 Å². The minimum Gasteiger partial charge on any atom is -0.464 e. The van der Waals surface area contributed by atoms with Crippen molar-refractivity contribution in [2.45, 2.75) is 19.9 Å². The van der Waals surface area contributed by atoms with Crippen molar-refractivity contribution in [3.8, 4) is 0 Å². The maximum atomic E-state index is 12.0. The van der Waals surface area contributed by atoms with Gasteiger partial charge in [-0.05, 0) is 24.1 Å². The summed E-state index contributed by atoms with van der Waals surface area (Å²) in [4.78, 5) is 23.7. The van der Waals surface area contributed by atoms with Crippen molar-refractivity contribution < 1.29 is 18.7 Å².